The number of anilines is 2. The maximum Gasteiger partial charge on any atom is 0.341 e. The Morgan fingerprint density at radius 3 is 2.59 bits per heavy atom. The van der Waals surface area contributed by atoms with Crippen molar-refractivity contribution in [2.45, 2.75) is 32.4 Å². The number of benzene rings is 2. The predicted octanol–water partition coefficient (Wildman–Crippen LogP) is 4.32. The third-order valence-electron chi connectivity index (χ3n) is 5.58. The zero-order chi connectivity index (χ0) is 24.4. The Labute approximate surface area is 200 Å². The molecule has 3 aromatic rings. The number of rotatable bonds is 6. The molecule has 0 saturated carbocycles. The summed E-state index contributed by atoms with van der Waals surface area (Å²) in [6, 6.07) is 15.1. The van der Waals surface area contributed by atoms with Gasteiger partial charge in [0.15, 0.2) is 6.61 Å². The summed E-state index contributed by atoms with van der Waals surface area (Å²) in [6.45, 7) is 2.79. The minimum absolute atomic E-state index is 0.0818. The van der Waals surface area contributed by atoms with Crippen LogP contribution in [0.4, 0.5) is 11.4 Å². The van der Waals surface area contributed by atoms with Crippen LogP contribution < -0.4 is 14.5 Å². The van der Waals surface area contributed by atoms with Crippen LogP contribution in [-0.4, -0.2) is 40.7 Å². The molecule has 2 amide bonds. The highest BCUT2D eigenvalue weighted by molar-refractivity contribution is 6.30. The van der Waals surface area contributed by atoms with E-state index in [-0.39, 0.29) is 29.6 Å². The van der Waals surface area contributed by atoms with E-state index in [0.717, 1.165) is 5.56 Å². The Hall–Kier alpha value is -3.85. The molecule has 1 aliphatic heterocycles. The Bertz CT molecular complexity index is 1230. The smallest absolute Gasteiger partial charge is 0.341 e. The minimum atomic E-state index is -1.17. The number of aliphatic carboxylic acids is 1. The van der Waals surface area contributed by atoms with Crippen molar-refractivity contribution in [2.24, 2.45) is 0 Å². The molecule has 0 radical (unpaired) electrons. The first kappa shape index (κ1) is 23.3. The van der Waals surface area contributed by atoms with E-state index in [0.29, 0.717) is 22.8 Å². The summed E-state index contributed by atoms with van der Waals surface area (Å²) in [6.07, 6.45) is 0.474. The van der Waals surface area contributed by atoms with Gasteiger partial charge in [0.05, 0.1) is 12.1 Å². The second-order valence-corrected chi connectivity index (χ2v) is 8.35. The number of aromatic nitrogens is 1. The molecular weight excluding hydrogens is 462 g/mol. The lowest BCUT2D eigenvalue weighted by Gasteiger charge is -2.43. The number of para-hydroxylation sites is 1. The molecule has 2 atom stereocenters. The summed E-state index contributed by atoms with van der Waals surface area (Å²) in [7, 11) is 0. The molecule has 2 aromatic carbocycles. The molecule has 0 bridgehead atoms. The van der Waals surface area contributed by atoms with Gasteiger partial charge in [-0.25, -0.2) is 4.79 Å². The van der Waals surface area contributed by atoms with E-state index in [1.165, 1.54) is 13.0 Å². The largest absolute Gasteiger partial charge is 0.479 e. The number of hydrogen-bond acceptors (Lipinski definition) is 6. The maximum absolute atomic E-state index is 13.4. The van der Waals surface area contributed by atoms with E-state index in [1.807, 2.05) is 31.2 Å². The summed E-state index contributed by atoms with van der Waals surface area (Å²) in [4.78, 5) is 40.1. The summed E-state index contributed by atoms with van der Waals surface area (Å²) in [5.74, 6) is -1.92. The molecule has 9 nitrogen and oxygen atoms in total. The van der Waals surface area contributed by atoms with Crippen molar-refractivity contribution < 1.29 is 28.8 Å². The molecule has 2 heterocycles. The van der Waals surface area contributed by atoms with Gasteiger partial charge in [0.1, 0.15) is 0 Å². The Balaban J connectivity index is 1.68. The molecule has 1 aliphatic rings. The van der Waals surface area contributed by atoms with Gasteiger partial charge in [-0.15, -0.1) is 0 Å². The number of halogens is 1. The van der Waals surface area contributed by atoms with Crippen LogP contribution in [0.1, 0.15) is 42.4 Å². The number of carboxylic acids is 1. The summed E-state index contributed by atoms with van der Waals surface area (Å²) < 4.78 is 10.1. The number of nitrogens with zero attached hydrogens (tertiary/aromatic N) is 3. The lowest BCUT2D eigenvalue weighted by Crippen LogP contribution is -2.47. The normalized spacial score (nSPS) is 17.1. The summed E-state index contributed by atoms with van der Waals surface area (Å²) >= 11 is 6.04. The maximum atomic E-state index is 13.4. The first-order valence-electron chi connectivity index (χ1n) is 10.6. The van der Waals surface area contributed by atoms with E-state index in [9.17, 15) is 14.4 Å². The molecule has 0 fully saturated rings. The van der Waals surface area contributed by atoms with E-state index < -0.39 is 18.5 Å². The lowest BCUT2D eigenvalue weighted by molar-refractivity contribution is -0.139. The second-order valence-electron chi connectivity index (χ2n) is 7.91. The first-order valence-corrected chi connectivity index (χ1v) is 10.9. The van der Waals surface area contributed by atoms with Gasteiger partial charge >= 0.3 is 5.97 Å². The van der Waals surface area contributed by atoms with Crippen LogP contribution in [0, 0.1) is 0 Å². The third-order valence-corrected chi connectivity index (χ3v) is 5.83. The number of fused-ring (bicyclic) bond motifs is 1. The van der Waals surface area contributed by atoms with Crippen molar-refractivity contribution in [1.82, 2.24) is 5.16 Å². The SMILES string of the molecule is CC(=O)N(c1ccc(Cl)cc1)C1C[C@@H](C)N(C(=O)c2cc(OCC(=O)O)no2)c2ccccc21. The standard InChI is InChI=1S/C24H22ClN3O6/c1-14-11-20(28(15(2)29)17-9-7-16(25)8-10-17)18-5-3-4-6-19(18)27(14)24(32)21-12-22(26-34-21)33-13-23(30)31/h3-10,12,14,20H,11,13H2,1-2H3,(H,30,31)/t14-,20?/m1/s1. The molecule has 1 unspecified atom stereocenters. The van der Waals surface area contributed by atoms with Crippen LogP contribution in [0.15, 0.2) is 59.1 Å². The fourth-order valence-corrected chi connectivity index (χ4v) is 4.33. The molecule has 0 aliphatic carbocycles. The molecule has 1 aromatic heterocycles. The van der Waals surface area contributed by atoms with E-state index in [1.54, 1.807) is 34.1 Å². The van der Waals surface area contributed by atoms with Crippen LogP contribution in [0.5, 0.6) is 5.88 Å². The van der Waals surface area contributed by atoms with Gasteiger partial charge in [0, 0.05) is 29.4 Å². The molecule has 0 saturated heterocycles. The number of carbonyl (C=O) groups excluding carboxylic acids is 2. The van der Waals surface area contributed by atoms with Crippen molar-refractivity contribution in [3.63, 3.8) is 0 Å². The lowest BCUT2D eigenvalue weighted by atomic mass is 9.89. The summed E-state index contributed by atoms with van der Waals surface area (Å²) in [5.41, 5.74) is 2.15. The Morgan fingerprint density at radius 2 is 1.91 bits per heavy atom. The average Bonchev–Trinajstić information content (AvgIpc) is 3.28. The topological polar surface area (TPSA) is 113 Å². The van der Waals surface area contributed by atoms with Gasteiger partial charge in [0.25, 0.3) is 11.8 Å². The predicted molar refractivity (Wildman–Crippen MR) is 124 cm³/mol. The van der Waals surface area contributed by atoms with Gasteiger partial charge in [-0.05, 0) is 54.4 Å². The highest BCUT2D eigenvalue weighted by atomic mass is 35.5. The zero-order valence-electron chi connectivity index (χ0n) is 18.5. The fourth-order valence-electron chi connectivity index (χ4n) is 4.20. The molecular formula is C24H22ClN3O6. The molecule has 1 N–H and O–H groups in total. The van der Waals surface area contributed by atoms with Gasteiger partial charge in [-0.3, -0.25) is 9.59 Å². The van der Waals surface area contributed by atoms with Crippen molar-refractivity contribution in [2.75, 3.05) is 16.4 Å². The Morgan fingerprint density at radius 1 is 1.21 bits per heavy atom. The van der Waals surface area contributed by atoms with Crippen LogP contribution in [0.2, 0.25) is 5.02 Å². The van der Waals surface area contributed by atoms with E-state index in [4.69, 9.17) is 26.0 Å². The van der Waals surface area contributed by atoms with Crippen molar-refractivity contribution in [3.05, 3.63) is 70.9 Å². The van der Waals surface area contributed by atoms with Crippen LogP contribution in [-0.2, 0) is 9.59 Å². The van der Waals surface area contributed by atoms with Crippen LogP contribution >= 0.6 is 11.6 Å². The highest BCUT2D eigenvalue weighted by Gasteiger charge is 2.39. The quantitative estimate of drug-likeness (QED) is 0.555. The van der Waals surface area contributed by atoms with Crippen molar-refractivity contribution in [1.29, 1.82) is 0 Å². The van der Waals surface area contributed by atoms with E-state index in [2.05, 4.69) is 5.16 Å². The van der Waals surface area contributed by atoms with Crippen LogP contribution in [0.3, 0.4) is 0 Å². The zero-order valence-corrected chi connectivity index (χ0v) is 19.2. The molecule has 4 rings (SSSR count). The van der Waals surface area contributed by atoms with E-state index >= 15 is 0 Å². The first-order chi connectivity index (χ1) is 16.3. The number of amides is 2. The summed E-state index contributed by atoms with van der Waals surface area (Å²) in [5, 5.41) is 12.9. The Kier molecular flexibility index (Phi) is 6.56. The van der Waals surface area contributed by atoms with Gasteiger partial charge in [-0.1, -0.05) is 29.8 Å². The van der Waals surface area contributed by atoms with Crippen molar-refractivity contribution in [3.8, 4) is 5.88 Å². The number of carboxylic acid groups (broad SMARTS) is 1. The minimum Gasteiger partial charge on any atom is -0.479 e. The third kappa shape index (κ3) is 4.60. The molecule has 176 valence electrons. The second kappa shape index (κ2) is 9.56. The highest BCUT2D eigenvalue weighted by Crippen LogP contribution is 2.43. The monoisotopic (exact) mass is 483 g/mol. The van der Waals surface area contributed by atoms with Gasteiger partial charge in [0.2, 0.25) is 11.7 Å². The van der Waals surface area contributed by atoms with Crippen LogP contribution in [0.25, 0.3) is 0 Å². The molecule has 0 spiro atoms. The number of hydrogen-bond donors (Lipinski definition) is 1. The average molecular weight is 484 g/mol. The van der Waals surface area contributed by atoms with Gasteiger partial charge in [-0.2, -0.15) is 0 Å². The number of carbonyl (C=O) groups is 3. The fraction of sp³-hybridized carbons (Fsp3) is 0.250. The van der Waals surface area contributed by atoms with Gasteiger partial charge < -0.3 is 24.2 Å². The van der Waals surface area contributed by atoms with Crippen molar-refractivity contribution >= 4 is 40.8 Å². The number of ether oxygens (including phenoxy) is 1. The molecule has 10 heteroatoms. The molecule has 34 heavy (non-hydrogen) atoms.